The van der Waals surface area contributed by atoms with Gasteiger partial charge in [-0.2, -0.15) is 4.98 Å². The lowest BCUT2D eigenvalue weighted by Crippen LogP contribution is -2.52. The van der Waals surface area contributed by atoms with Gasteiger partial charge in [-0.15, -0.1) is 11.3 Å². The molecule has 1 unspecified atom stereocenters. The second kappa shape index (κ2) is 14.7. The van der Waals surface area contributed by atoms with Crippen molar-refractivity contribution in [2.45, 2.75) is 96.5 Å². The molecule has 6 rings (SSSR count). The summed E-state index contributed by atoms with van der Waals surface area (Å²) in [6.07, 6.45) is 9.03. The fourth-order valence-corrected chi connectivity index (χ4v) is 8.46. The van der Waals surface area contributed by atoms with Crippen LogP contribution in [-0.4, -0.2) is 59.0 Å². The van der Waals surface area contributed by atoms with E-state index in [1.54, 1.807) is 22.7 Å². The molecule has 0 bridgehead atoms. The number of anilines is 3. The highest BCUT2D eigenvalue weighted by atomic mass is 35.5. The van der Waals surface area contributed by atoms with Crippen LogP contribution in [0.4, 0.5) is 27.0 Å². The number of rotatable bonds is 9. The number of halogens is 2. The maximum absolute atomic E-state index is 14.4. The maximum Gasteiger partial charge on any atom is 0.407 e. The Balaban J connectivity index is 1.33. The van der Waals surface area contributed by atoms with E-state index in [1.807, 2.05) is 26.2 Å². The Kier molecular flexibility index (Phi) is 10.6. The van der Waals surface area contributed by atoms with Crippen molar-refractivity contribution in [3.63, 3.8) is 0 Å². The summed E-state index contributed by atoms with van der Waals surface area (Å²) >= 11 is 15.0. The van der Waals surface area contributed by atoms with Crippen molar-refractivity contribution in [3.8, 4) is 11.5 Å². The third-order valence-electron chi connectivity index (χ3n) is 9.49. The molecule has 2 aromatic heterocycles. The summed E-state index contributed by atoms with van der Waals surface area (Å²) in [6, 6.07) is 0.878. The van der Waals surface area contributed by atoms with Crippen LogP contribution in [-0.2, 0) is 17.8 Å². The Morgan fingerprint density at radius 3 is 2.37 bits per heavy atom. The number of urea groups is 1. The molecular formula is C34H43Cl2N7O5S. The van der Waals surface area contributed by atoms with Crippen molar-refractivity contribution in [2.75, 3.05) is 29.3 Å². The van der Waals surface area contributed by atoms with Gasteiger partial charge in [0.1, 0.15) is 33.0 Å². The van der Waals surface area contributed by atoms with E-state index in [9.17, 15) is 9.59 Å². The van der Waals surface area contributed by atoms with Gasteiger partial charge in [0.2, 0.25) is 5.95 Å². The van der Waals surface area contributed by atoms with E-state index in [-0.39, 0.29) is 40.9 Å². The van der Waals surface area contributed by atoms with Gasteiger partial charge in [0.25, 0.3) is 0 Å². The van der Waals surface area contributed by atoms with Crippen molar-refractivity contribution in [1.29, 1.82) is 0 Å². The fourth-order valence-electron chi connectivity index (χ4n) is 7.21. The lowest BCUT2D eigenvalue weighted by molar-refractivity contribution is 0.0475. The van der Waals surface area contributed by atoms with E-state index >= 15 is 0 Å². The van der Waals surface area contributed by atoms with Crippen LogP contribution < -0.4 is 29.9 Å². The van der Waals surface area contributed by atoms with Gasteiger partial charge in [0.05, 0.1) is 50.2 Å². The molecule has 12 nitrogen and oxygen atoms in total. The predicted octanol–water partition coefficient (Wildman–Crippen LogP) is 8.07. The van der Waals surface area contributed by atoms with E-state index in [0.717, 1.165) is 19.3 Å². The summed E-state index contributed by atoms with van der Waals surface area (Å²) in [5, 5.41) is 8.91. The number of thiazole rings is 1. The number of carbonyl (C=O) groups excluding carboxylic acids is 2. The second-order valence-electron chi connectivity index (χ2n) is 13.9. The van der Waals surface area contributed by atoms with Crippen molar-refractivity contribution in [1.82, 2.24) is 20.3 Å². The number of hydrogen-bond donors (Lipinski definition) is 2. The normalized spacial score (nSPS) is 21.4. The number of alkyl carbamates (subject to hydrolysis) is 1. The summed E-state index contributed by atoms with van der Waals surface area (Å²) in [4.78, 5) is 44.4. The van der Waals surface area contributed by atoms with Gasteiger partial charge in [-0.3, -0.25) is 9.80 Å². The molecule has 15 heteroatoms. The van der Waals surface area contributed by atoms with Crippen LogP contribution in [0, 0.1) is 11.8 Å². The van der Waals surface area contributed by atoms with Gasteiger partial charge in [0, 0.05) is 29.2 Å². The highest BCUT2D eigenvalue weighted by Crippen LogP contribution is 2.48. The largest absolute Gasteiger partial charge is 0.495 e. The van der Waals surface area contributed by atoms with E-state index in [0.29, 0.717) is 46.4 Å². The molecule has 1 aliphatic heterocycles. The zero-order valence-electron chi connectivity index (χ0n) is 28.4. The first-order chi connectivity index (χ1) is 23.5. The molecule has 0 saturated heterocycles. The number of fused-ring (bicyclic) bond motifs is 1. The first-order valence-corrected chi connectivity index (χ1v) is 18.3. The Labute approximate surface area is 300 Å². The maximum atomic E-state index is 14.4. The molecule has 264 valence electrons. The lowest BCUT2D eigenvalue weighted by atomic mass is 9.75. The molecule has 2 fully saturated rings. The number of carbonyl (C=O) groups is 2. The summed E-state index contributed by atoms with van der Waals surface area (Å²) in [7, 11) is 2.97. The molecule has 2 saturated carbocycles. The molecule has 3 amide bonds. The molecule has 2 N–H and O–H groups in total. The first-order valence-electron chi connectivity index (χ1n) is 16.6. The third-order valence-corrected chi connectivity index (χ3v) is 10.9. The van der Waals surface area contributed by atoms with Gasteiger partial charge in [-0.05, 0) is 51.9 Å². The van der Waals surface area contributed by atoms with Gasteiger partial charge >= 0.3 is 12.1 Å². The summed E-state index contributed by atoms with van der Waals surface area (Å²) in [6.45, 7) is 5.83. The van der Waals surface area contributed by atoms with Crippen molar-refractivity contribution < 1.29 is 23.8 Å². The highest BCUT2D eigenvalue weighted by Gasteiger charge is 2.39. The van der Waals surface area contributed by atoms with E-state index in [1.165, 1.54) is 56.1 Å². The van der Waals surface area contributed by atoms with Crippen LogP contribution >= 0.6 is 34.5 Å². The zero-order valence-corrected chi connectivity index (χ0v) is 30.8. The third kappa shape index (κ3) is 7.78. The average Bonchev–Trinajstić information content (AvgIpc) is 3.79. The lowest BCUT2D eigenvalue weighted by Gasteiger charge is -2.40. The molecular weight excluding hydrogens is 689 g/mol. The summed E-state index contributed by atoms with van der Waals surface area (Å²) in [5.41, 5.74) is 2.76. The highest BCUT2D eigenvalue weighted by molar-refractivity contribution is 7.07. The van der Waals surface area contributed by atoms with Crippen LogP contribution in [0.25, 0.3) is 0 Å². The van der Waals surface area contributed by atoms with Crippen molar-refractivity contribution >= 4 is 64.1 Å². The number of benzene rings is 1. The minimum Gasteiger partial charge on any atom is -0.495 e. The monoisotopic (exact) mass is 731 g/mol. The molecule has 2 aliphatic carbocycles. The minimum absolute atomic E-state index is 0.105. The number of hydrogen-bond acceptors (Lipinski definition) is 10. The quantitative estimate of drug-likeness (QED) is 0.224. The Hall–Kier alpha value is -3.55. The van der Waals surface area contributed by atoms with E-state index < -0.39 is 17.7 Å². The Morgan fingerprint density at radius 2 is 1.73 bits per heavy atom. The summed E-state index contributed by atoms with van der Waals surface area (Å²) in [5.74, 6) is 2.68. The van der Waals surface area contributed by atoms with Gasteiger partial charge in [0.15, 0.2) is 0 Å². The molecule has 0 spiro atoms. The molecule has 0 radical (unpaired) electrons. The summed E-state index contributed by atoms with van der Waals surface area (Å²) < 4.78 is 16.6. The Bertz CT molecular complexity index is 1640. The zero-order chi connectivity index (χ0) is 34.9. The number of aromatic nitrogens is 3. The molecule has 3 aliphatic rings. The topological polar surface area (TPSA) is 131 Å². The van der Waals surface area contributed by atoms with Crippen LogP contribution in [0.15, 0.2) is 23.2 Å². The number of ether oxygens (including phenoxy) is 3. The van der Waals surface area contributed by atoms with Crippen LogP contribution in [0.3, 0.4) is 0 Å². The van der Waals surface area contributed by atoms with Crippen molar-refractivity contribution in [3.05, 3.63) is 44.5 Å². The van der Waals surface area contributed by atoms with E-state index in [2.05, 4.69) is 15.6 Å². The molecule has 3 aromatic rings. The number of nitrogens with one attached hydrogen (secondary N) is 2. The fraction of sp³-hybridized carbons (Fsp3) is 0.559. The van der Waals surface area contributed by atoms with Crippen LogP contribution in [0.1, 0.15) is 77.0 Å². The standard InChI is InChI=1S/C34H43Cl2N7O5S/c1-34(2,3)48-32(44)40-23-11-10-20(19-8-6-7-9-19)12-24(23)39-31-37-14-21-15-42(29-27(35)25(46-4)13-26(47-5)28(29)36)33(45)43(30(21)41-31)16-22-17-49-18-38-22/h13-14,17-20,23-24H,6-12,15-16H2,1-5H3,(H,40,44)(H,37,39,41)/t20?,23-,24+/m0/s1. The van der Waals surface area contributed by atoms with Crippen molar-refractivity contribution in [2.24, 2.45) is 11.8 Å². The number of nitrogens with zero attached hydrogens (tertiary/aromatic N) is 5. The predicted molar refractivity (Wildman–Crippen MR) is 191 cm³/mol. The number of methoxy groups -OCH3 is 2. The van der Waals surface area contributed by atoms with E-state index in [4.69, 9.17) is 47.4 Å². The first kappa shape index (κ1) is 35.3. The van der Waals surface area contributed by atoms with Crippen LogP contribution in [0.5, 0.6) is 11.5 Å². The SMILES string of the molecule is COc1cc(OC)c(Cl)c(N2Cc3cnc(N[C@@H]4CC(C5CCCC5)CC[C@@H]4NC(=O)OC(C)(C)C)nc3N(Cc3cscn3)C2=O)c1Cl. The minimum atomic E-state index is -0.610. The van der Waals surface area contributed by atoms with Gasteiger partial charge in [-0.25, -0.2) is 19.6 Å². The van der Waals surface area contributed by atoms with Gasteiger partial charge < -0.3 is 24.8 Å². The second-order valence-corrected chi connectivity index (χ2v) is 15.3. The molecule has 3 heterocycles. The molecule has 49 heavy (non-hydrogen) atoms. The smallest absolute Gasteiger partial charge is 0.407 e. The molecule has 1 aromatic carbocycles. The van der Waals surface area contributed by atoms with Crippen LogP contribution in [0.2, 0.25) is 10.0 Å². The average molecular weight is 733 g/mol. The molecule has 3 atom stereocenters. The number of amides is 3. The van der Waals surface area contributed by atoms with Gasteiger partial charge in [-0.1, -0.05) is 48.9 Å². The Morgan fingerprint density at radius 1 is 1.02 bits per heavy atom.